The Balaban J connectivity index is 2.53. The van der Waals surface area contributed by atoms with Crippen molar-refractivity contribution in [3.63, 3.8) is 0 Å². The molecule has 0 nitrogen and oxygen atoms in total. The van der Waals surface area contributed by atoms with Gasteiger partial charge in [-0.05, 0) is 47.6 Å². The summed E-state index contributed by atoms with van der Waals surface area (Å²) in [5.41, 5.74) is 3.96. The SMILES string of the molecule is CCC(CC)c1cc(Cl)ccc1-c1ccccc1. The van der Waals surface area contributed by atoms with Crippen LogP contribution in [0.5, 0.6) is 0 Å². The molecule has 0 aliphatic carbocycles. The van der Waals surface area contributed by atoms with Crippen LogP contribution in [0.1, 0.15) is 38.2 Å². The molecule has 0 unspecified atom stereocenters. The van der Waals surface area contributed by atoms with Crippen molar-refractivity contribution in [1.29, 1.82) is 0 Å². The number of halogens is 1. The highest BCUT2D eigenvalue weighted by molar-refractivity contribution is 6.30. The summed E-state index contributed by atoms with van der Waals surface area (Å²) in [6.07, 6.45) is 2.30. The van der Waals surface area contributed by atoms with Crippen LogP contribution < -0.4 is 0 Å². The normalized spacial score (nSPS) is 10.9. The number of benzene rings is 2. The fourth-order valence-corrected chi connectivity index (χ4v) is 2.66. The number of hydrogen-bond acceptors (Lipinski definition) is 0. The summed E-state index contributed by atoms with van der Waals surface area (Å²) in [6, 6.07) is 16.8. The van der Waals surface area contributed by atoms with Crippen LogP contribution in [0.15, 0.2) is 48.5 Å². The van der Waals surface area contributed by atoms with Crippen LogP contribution in [0.4, 0.5) is 0 Å². The van der Waals surface area contributed by atoms with Crippen LogP contribution in [0.25, 0.3) is 11.1 Å². The van der Waals surface area contributed by atoms with Gasteiger partial charge in [0.15, 0.2) is 0 Å². The average Bonchev–Trinajstić information content (AvgIpc) is 2.41. The van der Waals surface area contributed by atoms with Crippen LogP contribution in [0.3, 0.4) is 0 Å². The molecule has 1 heteroatoms. The van der Waals surface area contributed by atoms with E-state index >= 15 is 0 Å². The summed E-state index contributed by atoms with van der Waals surface area (Å²) in [4.78, 5) is 0. The Kier molecular flexibility index (Phi) is 4.43. The number of rotatable bonds is 4. The smallest absolute Gasteiger partial charge is 0.0409 e. The van der Waals surface area contributed by atoms with E-state index in [-0.39, 0.29) is 0 Å². The molecule has 0 fully saturated rings. The van der Waals surface area contributed by atoms with E-state index in [4.69, 9.17) is 11.6 Å². The van der Waals surface area contributed by atoms with Crippen LogP contribution in [0.2, 0.25) is 5.02 Å². The molecule has 0 N–H and O–H groups in total. The second-order valence-electron chi connectivity index (χ2n) is 4.61. The molecule has 0 radical (unpaired) electrons. The first kappa shape index (κ1) is 13.2. The molecule has 94 valence electrons. The molecule has 0 amide bonds. The molecule has 2 aromatic carbocycles. The van der Waals surface area contributed by atoms with Crippen molar-refractivity contribution in [2.24, 2.45) is 0 Å². The summed E-state index contributed by atoms with van der Waals surface area (Å²) < 4.78 is 0. The first-order valence-electron chi connectivity index (χ1n) is 6.61. The molecule has 0 aliphatic heterocycles. The second kappa shape index (κ2) is 6.06. The molecule has 0 bridgehead atoms. The highest BCUT2D eigenvalue weighted by atomic mass is 35.5. The largest absolute Gasteiger partial charge is 0.0843 e. The second-order valence-corrected chi connectivity index (χ2v) is 5.05. The molecular weight excluding hydrogens is 240 g/mol. The highest BCUT2D eigenvalue weighted by Gasteiger charge is 2.13. The van der Waals surface area contributed by atoms with Crippen molar-refractivity contribution in [1.82, 2.24) is 0 Å². The summed E-state index contributed by atoms with van der Waals surface area (Å²) in [7, 11) is 0. The molecule has 0 aromatic heterocycles. The van der Waals surface area contributed by atoms with Crippen LogP contribution in [-0.4, -0.2) is 0 Å². The lowest BCUT2D eigenvalue weighted by molar-refractivity contribution is 0.643. The summed E-state index contributed by atoms with van der Waals surface area (Å²) in [5.74, 6) is 0.582. The summed E-state index contributed by atoms with van der Waals surface area (Å²) in [6.45, 7) is 4.48. The number of hydrogen-bond donors (Lipinski definition) is 0. The Hall–Kier alpha value is -1.27. The molecule has 2 aromatic rings. The Morgan fingerprint density at radius 3 is 2.22 bits per heavy atom. The van der Waals surface area contributed by atoms with Gasteiger partial charge >= 0.3 is 0 Å². The van der Waals surface area contributed by atoms with E-state index in [9.17, 15) is 0 Å². The van der Waals surface area contributed by atoms with Crippen molar-refractivity contribution in [3.05, 3.63) is 59.1 Å². The molecule has 0 saturated carbocycles. The van der Waals surface area contributed by atoms with Gasteiger partial charge < -0.3 is 0 Å². The standard InChI is InChI=1S/C17H19Cl/c1-3-13(4-2)17-12-15(18)10-11-16(17)14-8-6-5-7-9-14/h5-13H,3-4H2,1-2H3. The highest BCUT2D eigenvalue weighted by Crippen LogP contribution is 2.34. The lowest BCUT2D eigenvalue weighted by atomic mass is 9.87. The van der Waals surface area contributed by atoms with Crippen molar-refractivity contribution in [2.45, 2.75) is 32.6 Å². The summed E-state index contributed by atoms with van der Waals surface area (Å²) >= 11 is 6.16. The third-order valence-electron chi connectivity index (χ3n) is 3.52. The molecule has 0 spiro atoms. The molecule has 0 saturated heterocycles. The van der Waals surface area contributed by atoms with Gasteiger partial charge in [-0.25, -0.2) is 0 Å². The zero-order valence-electron chi connectivity index (χ0n) is 11.0. The van der Waals surface area contributed by atoms with Crippen molar-refractivity contribution < 1.29 is 0 Å². The fraction of sp³-hybridized carbons (Fsp3) is 0.294. The van der Waals surface area contributed by atoms with Gasteiger partial charge in [-0.2, -0.15) is 0 Å². The topological polar surface area (TPSA) is 0 Å². The molecule has 0 aliphatic rings. The van der Waals surface area contributed by atoms with Crippen molar-refractivity contribution >= 4 is 11.6 Å². The predicted molar refractivity (Wildman–Crippen MR) is 80.2 cm³/mol. The van der Waals surface area contributed by atoms with Gasteiger partial charge in [0.2, 0.25) is 0 Å². The van der Waals surface area contributed by atoms with Gasteiger partial charge in [-0.1, -0.05) is 61.8 Å². The molecule has 0 heterocycles. The maximum Gasteiger partial charge on any atom is 0.0409 e. The van der Waals surface area contributed by atoms with E-state index in [0.29, 0.717) is 5.92 Å². The van der Waals surface area contributed by atoms with Gasteiger partial charge in [0.25, 0.3) is 0 Å². The third-order valence-corrected chi connectivity index (χ3v) is 3.76. The quantitative estimate of drug-likeness (QED) is 0.639. The Morgan fingerprint density at radius 1 is 0.944 bits per heavy atom. The van der Waals surface area contributed by atoms with E-state index in [1.165, 1.54) is 16.7 Å². The van der Waals surface area contributed by atoms with E-state index < -0.39 is 0 Å². The van der Waals surface area contributed by atoms with E-state index in [0.717, 1.165) is 17.9 Å². The minimum atomic E-state index is 0.582. The maximum absolute atomic E-state index is 6.16. The average molecular weight is 259 g/mol. The summed E-state index contributed by atoms with van der Waals surface area (Å²) in [5, 5.41) is 0.830. The van der Waals surface area contributed by atoms with Gasteiger partial charge in [0.05, 0.1) is 0 Å². The molecular formula is C17H19Cl. The first-order chi connectivity index (χ1) is 8.76. The fourth-order valence-electron chi connectivity index (χ4n) is 2.48. The zero-order chi connectivity index (χ0) is 13.0. The van der Waals surface area contributed by atoms with E-state index in [2.05, 4.69) is 56.3 Å². The van der Waals surface area contributed by atoms with Crippen molar-refractivity contribution in [2.75, 3.05) is 0 Å². The van der Waals surface area contributed by atoms with E-state index in [1.54, 1.807) is 0 Å². The van der Waals surface area contributed by atoms with Gasteiger partial charge in [0, 0.05) is 5.02 Å². The third kappa shape index (κ3) is 2.76. The lowest BCUT2D eigenvalue weighted by Gasteiger charge is -2.18. The predicted octanol–water partition coefficient (Wildman–Crippen LogP) is 5.91. The van der Waals surface area contributed by atoms with Crippen LogP contribution in [0, 0.1) is 0 Å². The van der Waals surface area contributed by atoms with Crippen LogP contribution >= 0.6 is 11.6 Å². The lowest BCUT2D eigenvalue weighted by Crippen LogP contribution is -1.98. The Morgan fingerprint density at radius 2 is 1.61 bits per heavy atom. The Bertz CT molecular complexity index is 498. The first-order valence-corrected chi connectivity index (χ1v) is 6.99. The molecule has 2 rings (SSSR count). The minimum absolute atomic E-state index is 0.582. The monoisotopic (exact) mass is 258 g/mol. The van der Waals surface area contributed by atoms with Gasteiger partial charge in [-0.15, -0.1) is 0 Å². The van der Waals surface area contributed by atoms with E-state index in [1.807, 2.05) is 6.07 Å². The van der Waals surface area contributed by atoms with Gasteiger partial charge in [-0.3, -0.25) is 0 Å². The molecule has 0 atom stereocenters. The minimum Gasteiger partial charge on any atom is -0.0843 e. The van der Waals surface area contributed by atoms with Crippen molar-refractivity contribution in [3.8, 4) is 11.1 Å². The molecule has 18 heavy (non-hydrogen) atoms. The Labute approximate surface area is 115 Å². The maximum atomic E-state index is 6.16. The van der Waals surface area contributed by atoms with Gasteiger partial charge in [0.1, 0.15) is 0 Å². The van der Waals surface area contributed by atoms with Crippen LogP contribution in [-0.2, 0) is 0 Å². The zero-order valence-corrected chi connectivity index (χ0v) is 11.7.